The predicted molar refractivity (Wildman–Crippen MR) is 72.7 cm³/mol. The van der Waals surface area contributed by atoms with E-state index in [4.69, 9.17) is 5.73 Å². The fourth-order valence-corrected chi connectivity index (χ4v) is 3.98. The maximum Gasteiger partial charge on any atom is 0.246 e. The van der Waals surface area contributed by atoms with Crippen LogP contribution >= 0.6 is 0 Å². The van der Waals surface area contributed by atoms with E-state index in [1.165, 1.54) is 16.4 Å². The van der Waals surface area contributed by atoms with E-state index in [9.17, 15) is 12.8 Å². The average Bonchev–Trinajstić information content (AvgIpc) is 2.64. The molecule has 1 heterocycles. The number of anilines is 1. The molecule has 106 valence electrons. The number of hydrogen-bond donors (Lipinski definition) is 1. The Hall–Kier alpha value is -1.14. The van der Waals surface area contributed by atoms with Crippen LogP contribution in [0.15, 0.2) is 17.0 Å². The summed E-state index contributed by atoms with van der Waals surface area (Å²) < 4.78 is 40.1. The van der Waals surface area contributed by atoms with Crippen molar-refractivity contribution in [2.24, 2.45) is 5.41 Å². The molecule has 1 fully saturated rings. The molecule has 6 heteroatoms. The number of benzene rings is 1. The predicted octanol–water partition coefficient (Wildman–Crippen LogP) is 2.14. The van der Waals surface area contributed by atoms with Gasteiger partial charge in [-0.15, -0.1) is 0 Å². The van der Waals surface area contributed by atoms with E-state index in [0.717, 1.165) is 6.42 Å². The number of hydrogen-bond acceptors (Lipinski definition) is 3. The van der Waals surface area contributed by atoms with Crippen LogP contribution < -0.4 is 5.73 Å². The normalized spacial score (nSPS) is 19.8. The molecule has 0 radical (unpaired) electrons. The van der Waals surface area contributed by atoms with Crippen molar-refractivity contribution in [1.29, 1.82) is 0 Å². The van der Waals surface area contributed by atoms with Crippen LogP contribution in [0.2, 0.25) is 0 Å². The lowest BCUT2D eigenvalue weighted by atomic mass is 9.93. The molecule has 0 amide bonds. The molecule has 0 aliphatic carbocycles. The molecule has 0 atom stereocenters. The molecular formula is C13H19FN2O2S. The summed E-state index contributed by atoms with van der Waals surface area (Å²) in [6.45, 7) is 6.48. The smallest absolute Gasteiger partial charge is 0.246 e. The minimum Gasteiger partial charge on any atom is -0.398 e. The monoisotopic (exact) mass is 286 g/mol. The van der Waals surface area contributed by atoms with Crippen LogP contribution in [-0.2, 0) is 10.0 Å². The van der Waals surface area contributed by atoms with Gasteiger partial charge >= 0.3 is 0 Å². The molecule has 4 nitrogen and oxygen atoms in total. The molecule has 0 unspecified atom stereocenters. The van der Waals surface area contributed by atoms with Gasteiger partial charge in [0.15, 0.2) is 0 Å². The molecular weight excluding hydrogens is 267 g/mol. The van der Waals surface area contributed by atoms with Gasteiger partial charge in [0.1, 0.15) is 10.7 Å². The van der Waals surface area contributed by atoms with Gasteiger partial charge in [0, 0.05) is 18.8 Å². The zero-order valence-corrected chi connectivity index (χ0v) is 12.2. The Morgan fingerprint density at radius 3 is 2.53 bits per heavy atom. The number of nitrogens with two attached hydrogens (primary N) is 1. The first-order valence-electron chi connectivity index (χ1n) is 6.19. The second-order valence-corrected chi connectivity index (χ2v) is 7.80. The Bertz CT molecular complexity index is 611. The van der Waals surface area contributed by atoms with Gasteiger partial charge in [0.05, 0.1) is 0 Å². The highest BCUT2D eigenvalue weighted by Gasteiger charge is 2.38. The molecule has 0 bridgehead atoms. The third-order valence-electron chi connectivity index (χ3n) is 3.58. The van der Waals surface area contributed by atoms with Crippen LogP contribution in [-0.4, -0.2) is 25.8 Å². The molecule has 1 aromatic carbocycles. The molecule has 1 aliphatic rings. The lowest BCUT2D eigenvalue weighted by molar-refractivity contribution is 0.374. The van der Waals surface area contributed by atoms with Gasteiger partial charge < -0.3 is 5.73 Å². The number of halogens is 1. The highest BCUT2D eigenvalue weighted by Crippen LogP contribution is 2.34. The summed E-state index contributed by atoms with van der Waals surface area (Å²) in [5, 5.41) is 0. The minimum atomic E-state index is -3.80. The van der Waals surface area contributed by atoms with E-state index in [-0.39, 0.29) is 10.3 Å². The molecule has 2 N–H and O–H groups in total. The summed E-state index contributed by atoms with van der Waals surface area (Å²) in [5.74, 6) is -0.739. The van der Waals surface area contributed by atoms with Gasteiger partial charge in [0.25, 0.3) is 0 Å². The van der Waals surface area contributed by atoms with E-state index < -0.39 is 15.8 Å². The Balaban J connectivity index is 2.44. The summed E-state index contributed by atoms with van der Waals surface area (Å²) in [5.41, 5.74) is 6.45. The largest absolute Gasteiger partial charge is 0.398 e. The van der Waals surface area contributed by atoms with E-state index >= 15 is 0 Å². The molecule has 0 spiro atoms. The Labute approximate surface area is 113 Å². The van der Waals surface area contributed by atoms with Gasteiger partial charge in [-0.2, -0.15) is 4.31 Å². The summed E-state index contributed by atoms with van der Waals surface area (Å²) in [6.07, 6.45) is 0.773. The lowest BCUT2D eigenvalue weighted by Crippen LogP contribution is -2.31. The van der Waals surface area contributed by atoms with E-state index in [1.807, 2.05) is 13.8 Å². The maximum atomic E-state index is 13.9. The fraction of sp³-hybridized carbons (Fsp3) is 0.538. The second-order valence-electron chi connectivity index (χ2n) is 5.89. The Kier molecular flexibility index (Phi) is 3.35. The van der Waals surface area contributed by atoms with E-state index in [0.29, 0.717) is 24.3 Å². The van der Waals surface area contributed by atoms with Crippen LogP contribution in [0.3, 0.4) is 0 Å². The minimum absolute atomic E-state index is 0.0697. The number of aryl methyl sites for hydroxylation is 1. The van der Waals surface area contributed by atoms with Crippen molar-refractivity contribution in [2.45, 2.75) is 32.1 Å². The molecule has 1 aliphatic heterocycles. The molecule has 0 saturated carbocycles. The first-order valence-corrected chi connectivity index (χ1v) is 7.63. The highest BCUT2D eigenvalue weighted by molar-refractivity contribution is 7.89. The fourth-order valence-electron chi connectivity index (χ4n) is 2.27. The summed E-state index contributed by atoms with van der Waals surface area (Å²) in [4.78, 5) is -0.326. The lowest BCUT2D eigenvalue weighted by Gasteiger charge is -2.20. The average molecular weight is 286 g/mol. The molecule has 1 saturated heterocycles. The van der Waals surface area contributed by atoms with Gasteiger partial charge in [-0.05, 0) is 36.5 Å². The SMILES string of the molecule is Cc1cc(F)c(S(=O)(=O)N2CCC(C)(C)C2)cc1N. The quantitative estimate of drug-likeness (QED) is 0.847. The molecule has 0 aromatic heterocycles. The number of sulfonamides is 1. The van der Waals surface area contributed by atoms with Crippen molar-refractivity contribution in [3.05, 3.63) is 23.5 Å². The van der Waals surface area contributed by atoms with Crippen LogP contribution in [0.25, 0.3) is 0 Å². The summed E-state index contributed by atoms with van der Waals surface area (Å²) in [6, 6.07) is 2.38. The van der Waals surface area contributed by atoms with Crippen molar-refractivity contribution in [1.82, 2.24) is 4.31 Å². The number of rotatable bonds is 2. The van der Waals surface area contributed by atoms with Crippen LogP contribution in [0.4, 0.5) is 10.1 Å². The van der Waals surface area contributed by atoms with Crippen molar-refractivity contribution < 1.29 is 12.8 Å². The van der Waals surface area contributed by atoms with E-state index in [2.05, 4.69) is 0 Å². The first kappa shape index (κ1) is 14.3. The maximum absolute atomic E-state index is 13.9. The number of nitrogen functional groups attached to an aromatic ring is 1. The summed E-state index contributed by atoms with van der Waals surface area (Å²) in [7, 11) is -3.80. The molecule has 1 aromatic rings. The van der Waals surface area contributed by atoms with Crippen LogP contribution in [0, 0.1) is 18.2 Å². The Morgan fingerprint density at radius 2 is 2.00 bits per heavy atom. The highest BCUT2D eigenvalue weighted by atomic mass is 32.2. The van der Waals surface area contributed by atoms with Crippen molar-refractivity contribution in [3.63, 3.8) is 0 Å². The third-order valence-corrected chi connectivity index (χ3v) is 5.44. The van der Waals surface area contributed by atoms with Gasteiger partial charge in [-0.3, -0.25) is 0 Å². The van der Waals surface area contributed by atoms with Gasteiger partial charge in [-0.25, -0.2) is 12.8 Å². The first-order chi connectivity index (χ1) is 8.63. The number of nitrogens with zero attached hydrogens (tertiary/aromatic N) is 1. The summed E-state index contributed by atoms with van der Waals surface area (Å²) >= 11 is 0. The zero-order chi connectivity index (χ0) is 14.4. The molecule has 2 rings (SSSR count). The Morgan fingerprint density at radius 1 is 1.37 bits per heavy atom. The topological polar surface area (TPSA) is 63.4 Å². The van der Waals surface area contributed by atoms with Crippen LogP contribution in [0.5, 0.6) is 0 Å². The van der Waals surface area contributed by atoms with E-state index in [1.54, 1.807) is 6.92 Å². The van der Waals surface area contributed by atoms with Crippen molar-refractivity contribution >= 4 is 15.7 Å². The van der Waals surface area contributed by atoms with Gasteiger partial charge in [0.2, 0.25) is 10.0 Å². The third kappa shape index (κ3) is 2.60. The van der Waals surface area contributed by atoms with Crippen molar-refractivity contribution in [2.75, 3.05) is 18.8 Å². The van der Waals surface area contributed by atoms with Crippen molar-refractivity contribution in [3.8, 4) is 0 Å². The van der Waals surface area contributed by atoms with Gasteiger partial charge in [-0.1, -0.05) is 13.8 Å². The molecule has 19 heavy (non-hydrogen) atoms. The standard InChI is InChI=1S/C13H19FN2O2S/c1-9-6-10(14)12(7-11(9)15)19(17,18)16-5-4-13(2,3)8-16/h6-7H,4-5,8,15H2,1-3H3. The zero-order valence-electron chi connectivity index (χ0n) is 11.4. The van der Waals surface area contributed by atoms with Crippen LogP contribution in [0.1, 0.15) is 25.8 Å². The second kappa shape index (κ2) is 4.45.